The minimum atomic E-state index is -0.919. The number of carboxylic acids is 1. The molecule has 8 heteroatoms. The van der Waals surface area contributed by atoms with Crippen molar-refractivity contribution in [2.45, 2.75) is 45.6 Å². The fraction of sp³-hybridized carbons (Fsp3) is 0.450. The van der Waals surface area contributed by atoms with Crippen molar-refractivity contribution in [3.8, 4) is 5.75 Å². The molecule has 0 aliphatic carbocycles. The van der Waals surface area contributed by atoms with Crippen molar-refractivity contribution in [1.82, 2.24) is 9.88 Å². The van der Waals surface area contributed by atoms with E-state index < -0.39 is 17.7 Å². The van der Waals surface area contributed by atoms with Gasteiger partial charge in [-0.1, -0.05) is 6.07 Å². The Hall–Kier alpha value is -3.03. The lowest BCUT2D eigenvalue weighted by Gasteiger charge is -2.27. The van der Waals surface area contributed by atoms with E-state index in [2.05, 4.69) is 4.98 Å². The van der Waals surface area contributed by atoms with Crippen molar-refractivity contribution in [3.63, 3.8) is 0 Å². The van der Waals surface area contributed by atoms with Crippen LogP contribution in [-0.2, 0) is 16.0 Å². The Morgan fingerprint density at radius 3 is 2.50 bits per heavy atom. The van der Waals surface area contributed by atoms with Crippen LogP contribution in [0.2, 0.25) is 0 Å². The second-order valence-electron chi connectivity index (χ2n) is 7.57. The van der Waals surface area contributed by atoms with Gasteiger partial charge in [-0.3, -0.25) is 9.59 Å². The minimum Gasteiger partial charge on any atom is -0.506 e. The Bertz CT molecular complexity index is 913. The van der Waals surface area contributed by atoms with Gasteiger partial charge in [0.2, 0.25) is 5.56 Å². The number of hydrogen-bond acceptors (Lipinski definition) is 5. The number of rotatable bonds is 7. The van der Waals surface area contributed by atoms with Gasteiger partial charge in [0.05, 0.1) is 5.52 Å². The average Bonchev–Trinajstić information content (AvgIpc) is 2.57. The molecule has 1 amide bonds. The highest BCUT2D eigenvalue weighted by Crippen LogP contribution is 2.25. The monoisotopic (exact) mass is 390 g/mol. The molecule has 0 aliphatic heterocycles. The summed E-state index contributed by atoms with van der Waals surface area (Å²) in [5.41, 5.74) is 0.215. The first-order valence-electron chi connectivity index (χ1n) is 9.10. The van der Waals surface area contributed by atoms with Crippen LogP contribution in [0.4, 0.5) is 4.79 Å². The number of phenols is 1. The topological polar surface area (TPSA) is 120 Å². The Labute approximate surface area is 162 Å². The molecule has 0 radical (unpaired) electrons. The predicted octanol–water partition coefficient (Wildman–Crippen LogP) is 2.88. The van der Waals surface area contributed by atoms with Crippen molar-refractivity contribution in [1.29, 1.82) is 0 Å². The van der Waals surface area contributed by atoms with Gasteiger partial charge in [0.1, 0.15) is 11.4 Å². The molecule has 1 aromatic carbocycles. The van der Waals surface area contributed by atoms with E-state index in [1.165, 1.54) is 17.0 Å². The van der Waals surface area contributed by atoms with Crippen LogP contribution in [0.15, 0.2) is 29.1 Å². The lowest BCUT2D eigenvalue weighted by Crippen LogP contribution is -2.38. The zero-order valence-corrected chi connectivity index (χ0v) is 16.3. The number of carbonyl (C=O) groups is 2. The Morgan fingerprint density at radius 2 is 1.86 bits per heavy atom. The molecule has 152 valence electrons. The molecule has 0 aliphatic rings. The number of nitrogens with zero attached hydrogens (tertiary/aromatic N) is 1. The second-order valence-corrected chi connectivity index (χ2v) is 7.57. The minimum absolute atomic E-state index is 0.0260. The van der Waals surface area contributed by atoms with Crippen molar-refractivity contribution in [2.75, 3.05) is 13.1 Å². The molecule has 0 spiro atoms. The molecule has 1 heterocycles. The van der Waals surface area contributed by atoms with Crippen LogP contribution >= 0.6 is 0 Å². The fourth-order valence-corrected chi connectivity index (χ4v) is 2.81. The number of amides is 1. The van der Waals surface area contributed by atoms with Gasteiger partial charge in [0.25, 0.3) is 0 Å². The van der Waals surface area contributed by atoms with Gasteiger partial charge in [-0.15, -0.1) is 0 Å². The van der Waals surface area contributed by atoms with Crippen LogP contribution in [0.3, 0.4) is 0 Å². The number of hydrogen-bond donors (Lipinski definition) is 3. The first kappa shape index (κ1) is 21.3. The molecule has 8 nitrogen and oxygen atoms in total. The van der Waals surface area contributed by atoms with Gasteiger partial charge >= 0.3 is 12.1 Å². The summed E-state index contributed by atoms with van der Waals surface area (Å²) in [5, 5.41) is 19.5. The normalized spacial score (nSPS) is 11.4. The predicted molar refractivity (Wildman–Crippen MR) is 105 cm³/mol. The Morgan fingerprint density at radius 1 is 1.14 bits per heavy atom. The summed E-state index contributed by atoms with van der Waals surface area (Å²) in [6.45, 7) is 5.88. The van der Waals surface area contributed by atoms with Gasteiger partial charge in [-0.25, -0.2) is 4.79 Å². The van der Waals surface area contributed by atoms with Crippen molar-refractivity contribution < 1.29 is 24.5 Å². The molecule has 1 aromatic heterocycles. The summed E-state index contributed by atoms with van der Waals surface area (Å²) in [7, 11) is 0. The number of aromatic hydroxyl groups is 1. The molecule has 28 heavy (non-hydrogen) atoms. The number of carbonyl (C=O) groups excluding carboxylic acids is 1. The number of ether oxygens (including phenoxy) is 1. The number of phenolic OH excluding ortho intramolecular Hbond substituents is 1. The zero-order valence-electron chi connectivity index (χ0n) is 16.3. The third-order valence-electron chi connectivity index (χ3n) is 4.08. The third kappa shape index (κ3) is 6.00. The second kappa shape index (κ2) is 8.77. The van der Waals surface area contributed by atoms with Gasteiger partial charge in [0.15, 0.2) is 0 Å². The van der Waals surface area contributed by atoms with Gasteiger partial charge in [-0.2, -0.15) is 0 Å². The summed E-state index contributed by atoms with van der Waals surface area (Å²) < 4.78 is 5.42. The highest BCUT2D eigenvalue weighted by molar-refractivity contribution is 5.87. The van der Waals surface area contributed by atoms with Gasteiger partial charge in [0, 0.05) is 31.0 Å². The van der Waals surface area contributed by atoms with Crippen molar-refractivity contribution >= 4 is 23.0 Å². The molecule has 0 fully saturated rings. The van der Waals surface area contributed by atoms with E-state index in [1.807, 2.05) is 0 Å². The van der Waals surface area contributed by atoms with Crippen LogP contribution in [0.1, 0.15) is 39.2 Å². The molecule has 0 saturated heterocycles. The number of aromatic nitrogens is 1. The summed E-state index contributed by atoms with van der Waals surface area (Å²) in [6.07, 6.45) is 0.227. The smallest absolute Gasteiger partial charge is 0.410 e. The van der Waals surface area contributed by atoms with E-state index >= 15 is 0 Å². The first-order chi connectivity index (χ1) is 13.1. The highest BCUT2D eigenvalue weighted by atomic mass is 16.6. The van der Waals surface area contributed by atoms with Crippen LogP contribution in [0.5, 0.6) is 5.75 Å². The third-order valence-corrected chi connectivity index (χ3v) is 4.08. The molecular formula is C20H26N2O6. The molecule has 0 atom stereocenters. The van der Waals surface area contributed by atoms with Crippen molar-refractivity contribution in [2.24, 2.45) is 0 Å². The number of aromatic amines is 1. The quantitative estimate of drug-likeness (QED) is 0.669. The molecule has 2 aromatic rings. The summed E-state index contributed by atoms with van der Waals surface area (Å²) in [6, 6.07) is 6.24. The number of carboxylic acid groups (broad SMARTS) is 1. The summed E-state index contributed by atoms with van der Waals surface area (Å²) in [4.78, 5) is 38.9. The molecule has 3 N–H and O–H groups in total. The molecular weight excluding hydrogens is 364 g/mol. The van der Waals surface area contributed by atoms with Crippen LogP contribution in [0.25, 0.3) is 10.9 Å². The maximum atomic E-state index is 12.5. The summed E-state index contributed by atoms with van der Waals surface area (Å²) in [5.74, 6) is -0.945. The van der Waals surface area contributed by atoms with E-state index in [1.54, 1.807) is 32.9 Å². The van der Waals surface area contributed by atoms with Gasteiger partial charge in [-0.05, 0) is 51.3 Å². The van der Waals surface area contributed by atoms with Crippen LogP contribution < -0.4 is 5.56 Å². The fourth-order valence-electron chi connectivity index (χ4n) is 2.81. The van der Waals surface area contributed by atoms with E-state index in [9.17, 15) is 19.5 Å². The largest absolute Gasteiger partial charge is 0.506 e. The molecule has 0 saturated carbocycles. The number of fused-ring (bicyclic) bond motifs is 1. The SMILES string of the molecule is CC(C)(C)OC(=O)N(CCCC(=O)O)CCc1ccc(O)c2[nH]c(=O)ccc12. The maximum absolute atomic E-state index is 12.5. The van der Waals surface area contributed by atoms with E-state index in [0.717, 1.165) is 5.56 Å². The number of nitrogens with one attached hydrogen (secondary N) is 1. The number of aliphatic carboxylic acids is 1. The Kier molecular flexibility index (Phi) is 6.66. The van der Waals surface area contributed by atoms with E-state index in [4.69, 9.17) is 9.84 Å². The van der Waals surface area contributed by atoms with E-state index in [0.29, 0.717) is 30.3 Å². The maximum Gasteiger partial charge on any atom is 0.410 e. The Balaban J connectivity index is 2.18. The highest BCUT2D eigenvalue weighted by Gasteiger charge is 2.22. The standard InChI is InChI=1S/C20H26N2O6/c1-20(2,3)28-19(27)22(11-4-5-17(25)26)12-10-13-6-8-15(23)18-14(13)7-9-16(24)21-18/h6-9,23H,4-5,10-12H2,1-3H3,(H,21,24)(H,25,26). The number of pyridine rings is 1. The van der Waals surface area contributed by atoms with E-state index in [-0.39, 0.29) is 24.3 Å². The lowest BCUT2D eigenvalue weighted by molar-refractivity contribution is -0.137. The van der Waals surface area contributed by atoms with Crippen LogP contribution in [-0.4, -0.2) is 50.9 Å². The molecule has 0 bridgehead atoms. The average molecular weight is 390 g/mol. The zero-order chi connectivity index (χ0) is 20.9. The lowest BCUT2D eigenvalue weighted by atomic mass is 10.0. The molecule has 0 unspecified atom stereocenters. The first-order valence-corrected chi connectivity index (χ1v) is 9.10. The summed E-state index contributed by atoms with van der Waals surface area (Å²) >= 11 is 0. The van der Waals surface area contributed by atoms with Gasteiger partial charge < -0.3 is 24.8 Å². The van der Waals surface area contributed by atoms with Crippen molar-refractivity contribution in [3.05, 3.63) is 40.2 Å². The molecule has 2 rings (SSSR count). The number of benzene rings is 1. The number of H-pyrrole nitrogens is 1. The van der Waals surface area contributed by atoms with Crippen LogP contribution in [0, 0.1) is 0 Å².